The van der Waals surface area contributed by atoms with Crippen LogP contribution in [0.2, 0.25) is 0 Å². The van der Waals surface area contributed by atoms with Crippen LogP contribution >= 0.6 is 0 Å². The van der Waals surface area contributed by atoms with Gasteiger partial charge in [0.15, 0.2) is 0 Å². The van der Waals surface area contributed by atoms with Crippen molar-refractivity contribution in [1.29, 1.82) is 0 Å². The van der Waals surface area contributed by atoms with E-state index in [0.717, 1.165) is 13.0 Å². The Labute approximate surface area is 103 Å². The summed E-state index contributed by atoms with van der Waals surface area (Å²) in [5.41, 5.74) is 0.656. The summed E-state index contributed by atoms with van der Waals surface area (Å²) in [6.45, 7) is 5.12. The third-order valence-electron chi connectivity index (χ3n) is 3.22. The van der Waals surface area contributed by atoms with Crippen LogP contribution in [0.4, 0.5) is 4.39 Å². The number of aromatic hydroxyl groups is 1. The summed E-state index contributed by atoms with van der Waals surface area (Å²) in [4.78, 5) is 2.14. The zero-order valence-corrected chi connectivity index (χ0v) is 10.9. The quantitative estimate of drug-likeness (QED) is 0.765. The Balaban J connectivity index is 2.67. The largest absolute Gasteiger partial charge is 0.508 e. The topological polar surface area (TPSA) is 23.5 Å². The van der Waals surface area contributed by atoms with Gasteiger partial charge in [-0.1, -0.05) is 19.8 Å². The number of nitrogens with zero attached hydrogens (tertiary/aromatic N) is 1. The molecule has 0 saturated carbocycles. The summed E-state index contributed by atoms with van der Waals surface area (Å²) in [7, 11) is 2.00. The molecular formula is C14H22FNO. The van der Waals surface area contributed by atoms with E-state index < -0.39 is 0 Å². The van der Waals surface area contributed by atoms with Gasteiger partial charge >= 0.3 is 0 Å². The second kappa shape index (κ2) is 6.60. The molecule has 1 aromatic rings. The van der Waals surface area contributed by atoms with Crippen LogP contribution in [0.5, 0.6) is 5.75 Å². The van der Waals surface area contributed by atoms with Crippen LogP contribution in [0.15, 0.2) is 18.2 Å². The number of benzene rings is 1. The number of halogens is 1. The lowest BCUT2D eigenvalue weighted by Crippen LogP contribution is -2.23. The van der Waals surface area contributed by atoms with E-state index in [-0.39, 0.29) is 17.6 Å². The Kier molecular flexibility index (Phi) is 5.42. The highest BCUT2D eigenvalue weighted by Gasteiger charge is 2.15. The van der Waals surface area contributed by atoms with Crippen molar-refractivity contribution in [2.24, 2.45) is 0 Å². The van der Waals surface area contributed by atoms with Crippen molar-refractivity contribution in [3.05, 3.63) is 29.6 Å². The second-order valence-electron chi connectivity index (χ2n) is 4.57. The molecule has 17 heavy (non-hydrogen) atoms. The molecule has 2 nitrogen and oxygen atoms in total. The van der Waals surface area contributed by atoms with Gasteiger partial charge in [-0.25, -0.2) is 4.39 Å². The van der Waals surface area contributed by atoms with Crippen LogP contribution in [-0.4, -0.2) is 23.6 Å². The van der Waals surface area contributed by atoms with Crippen LogP contribution < -0.4 is 0 Å². The third kappa shape index (κ3) is 4.00. The number of hydrogen-bond donors (Lipinski definition) is 1. The maximum absolute atomic E-state index is 13.1. The molecule has 0 amide bonds. The Morgan fingerprint density at radius 2 is 2.06 bits per heavy atom. The van der Waals surface area contributed by atoms with Gasteiger partial charge in [0.05, 0.1) is 0 Å². The van der Waals surface area contributed by atoms with Gasteiger partial charge < -0.3 is 5.11 Å². The molecule has 1 aromatic carbocycles. The first-order chi connectivity index (χ1) is 8.06. The standard InChI is InChI=1S/C14H22FNO/c1-4-5-6-9-16(3)11(2)13-10-12(15)7-8-14(13)17/h7-8,10-11,17H,4-6,9H2,1-3H3. The SMILES string of the molecule is CCCCCN(C)C(C)c1cc(F)ccc1O. The minimum Gasteiger partial charge on any atom is -0.508 e. The average Bonchev–Trinajstić information content (AvgIpc) is 2.31. The van der Waals surface area contributed by atoms with Gasteiger partial charge in [-0.2, -0.15) is 0 Å². The van der Waals surface area contributed by atoms with Crippen LogP contribution in [0.25, 0.3) is 0 Å². The van der Waals surface area contributed by atoms with Crippen molar-refractivity contribution in [2.45, 2.75) is 39.2 Å². The number of unbranched alkanes of at least 4 members (excludes halogenated alkanes) is 2. The van der Waals surface area contributed by atoms with E-state index in [9.17, 15) is 9.50 Å². The molecule has 0 radical (unpaired) electrons. The van der Waals surface area contributed by atoms with Gasteiger partial charge in [-0.05, 0) is 45.1 Å². The predicted molar refractivity (Wildman–Crippen MR) is 68.6 cm³/mol. The van der Waals surface area contributed by atoms with E-state index in [1.807, 2.05) is 14.0 Å². The van der Waals surface area contributed by atoms with Crippen LogP contribution in [-0.2, 0) is 0 Å². The highest BCUT2D eigenvalue weighted by atomic mass is 19.1. The Hall–Kier alpha value is -1.09. The molecular weight excluding hydrogens is 217 g/mol. The van der Waals surface area contributed by atoms with Crippen molar-refractivity contribution < 1.29 is 9.50 Å². The first kappa shape index (κ1) is 14.0. The molecule has 1 atom stereocenters. The monoisotopic (exact) mass is 239 g/mol. The summed E-state index contributed by atoms with van der Waals surface area (Å²) in [5, 5.41) is 9.73. The van der Waals surface area contributed by atoms with Gasteiger partial charge in [0, 0.05) is 11.6 Å². The van der Waals surface area contributed by atoms with E-state index in [0.29, 0.717) is 5.56 Å². The van der Waals surface area contributed by atoms with Crippen LogP contribution in [0.1, 0.15) is 44.7 Å². The van der Waals surface area contributed by atoms with Crippen molar-refractivity contribution in [3.63, 3.8) is 0 Å². The zero-order chi connectivity index (χ0) is 12.8. The maximum Gasteiger partial charge on any atom is 0.123 e. The van der Waals surface area contributed by atoms with E-state index >= 15 is 0 Å². The van der Waals surface area contributed by atoms with Crippen molar-refractivity contribution in [3.8, 4) is 5.75 Å². The van der Waals surface area contributed by atoms with Crippen LogP contribution in [0, 0.1) is 5.82 Å². The molecule has 0 aliphatic carbocycles. The highest BCUT2D eigenvalue weighted by molar-refractivity contribution is 5.34. The zero-order valence-electron chi connectivity index (χ0n) is 10.9. The van der Waals surface area contributed by atoms with Gasteiger partial charge in [-0.15, -0.1) is 0 Å². The molecule has 0 bridgehead atoms. The number of hydrogen-bond acceptors (Lipinski definition) is 2. The van der Waals surface area contributed by atoms with E-state index in [2.05, 4.69) is 11.8 Å². The molecule has 0 aromatic heterocycles. The summed E-state index contributed by atoms with van der Waals surface area (Å²) in [5.74, 6) is -0.132. The van der Waals surface area contributed by atoms with Crippen LogP contribution in [0.3, 0.4) is 0 Å². The molecule has 3 heteroatoms. The Bertz CT molecular complexity index is 354. The minimum absolute atomic E-state index is 0.0301. The second-order valence-corrected chi connectivity index (χ2v) is 4.57. The highest BCUT2D eigenvalue weighted by Crippen LogP contribution is 2.28. The fourth-order valence-electron chi connectivity index (χ4n) is 1.90. The van der Waals surface area contributed by atoms with Crippen molar-refractivity contribution >= 4 is 0 Å². The fourth-order valence-corrected chi connectivity index (χ4v) is 1.90. The van der Waals surface area contributed by atoms with Crippen molar-refractivity contribution in [2.75, 3.05) is 13.6 Å². The maximum atomic E-state index is 13.1. The first-order valence-corrected chi connectivity index (χ1v) is 6.25. The summed E-state index contributed by atoms with van der Waals surface area (Å²) < 4.78 is 13.1. The lowest BCUT2D eigenvalue weighted by molar-refractivity contribution is 0.250. The van der Waals surface area contributed by atoms with Gasteiger partial charge in [0.2, 0.25) is 0 Å². The average molecular weight is 239 g/mol. The molecule has 96 valence electrons. The van der Waals surface area contributed by atoms with E-state index in [4.69, 9.17) is 0 Å². The predicted octanol–water partition coefficient (Wildman–Crippen LogP) is 3.71. The molecule has 1 rings (SSSR count). The smallest absolute Gasteiger partial charge is 0.123 e. The lowest BCUT2D eigenvalue weighted by atomic mass is 10.1. The molecule has 0 fully saturated rings. The third-order valence-corrected chi connectivity index (χ3v) is 3.22. The lowest BCUT2D eigenvalue weighted by Gasteiger charge is -2.25. The summed E-state index contributed by atoms with van der Waals surface area (Å²) >= 11 is 0. The Morgan fingerprint density at radius 3 is 2.71 bits per heavy atom. The summed E-state index contributed by atoms with van der Waals surface area (Å²) in [6.07, 6.45) is 3.52. The molecule has 0 heterocycles. The molecule has 0 spiro atoms. The molecule has 1 unspecified atom stereocenters. The molecule has 0 saturated heterocycles. The Morgan fingerprint density at radius 1 is 1.35 bits per heavy atom. The molecule has 0 aliphatic heterocycles. The number of rotatable bonds is 6. The number of phenolic OH excluding ortho intramolecular Hbond substituents is 1. The van der Waals surface area contributed by atoms with E-state index in [1.165, 1.54) is 31.0 Å². The van der Waals surface area contributed by atoms with E-state index in [1.54, 1.807) is 0 Å². The normalized spacial score (nSPS) is 13.0. The minimum atomic E-state index is -0.299. The molecule has 0 aliphatic rings. The van der Waals surface area contributed by atoms with Gasteiger partial charge in [0.25, 0.3) is 0 Å². The summed E-state index contributed by atoms with van der Waals surface area (Å²) in [6, 6.07) is 4.14. The van der Waals surface area contributed by atoms with Gasteiger partial charge in [-0.3, -0.25) is 4.90 Å². The van der Waals surface area contributed by atoms with Gasteiger partial charge in [0.1, 0.15) is 11.6 Å². The first-order valence-electron chi connectivity index (χ1n) is 6.25. The van der Waals surface area contributed by atoms with Crippen molar-refractivity contribution in [1.82, 2.24) is 4.90 Å². The fraction of sp³-hybridized carbons (Fsp3) is 0.571. The number of phenols is 1. The molecule has 1 N–H and O–H groups in total.